The van der Waals surface area contributed by atoms with Gasteiger partial charge in [-0.25, -0.2) is 0 Å². The lowest BCUT2D eigenvalue weighted by molar-refractivity contribution is 0.190. The Bertz CT molecular complexity index is 146. The lowest BCUT2D eigenvalue weighted by Crippen LogP contribution is -2.37. The van der Waals surface area contributed by atoms with Gasteiger partial charge in [-0.15, -0.1) is 0 Å². The summed E-state index contributed by atoms with van der Waals surface area (Å²) in [4.78, 5) is 2.56. The molecule has 0 aromatic rings. The van der Waals surface area contributed by atoms with Crippen LogP contribution in [0.15, 0.2) is 0 Å². The van der Waals surface area contributed by atoms with Gasteiger partial charge in [0, 0.05) is 6.04 Å². The van der Waals surface area contributed by atoms with Crippen LogP contribution in [0.2, 0.25) is 0 Å². The van der Waals surface area contributed by atoms with Gasteiger partial charge in [-0.05, 0) is 57.8 Å². The quantitative estimate of drug-likeness (QED) is 0.708. The molecule has 1 heterocycles. The molecule has 2 aliphatic rings. The van der Waals surface area contributed by atoms with Crippen molar-refractivity contribution in [3.05, 3.63) is 0 Å². The Morgan fingerprint density at radius 1 is 1.15 bits per heavy atom. The van der Waals surface area contributed by atoms with Crippen LogP contribution in [0.3, 0.4) is 0 Å². The Kier molecular flexibility index (Phi) is 3.23. The highest BCUT2D eigenvalue weighted by atomic mass is 15.1. The minimum absolute atomic E-state index is 0.893. The topological polar surface area (TPSA) is 15.3 Å². The predicted octanol–water partition coefficient (Wildman–Crippen LogP) is 1.47. The summed E-state index contributed by atoms with van der Waals surface area (Å²) in [6.07, 6.45) is 5.67. The normalized spacial score (nSPS) is 26.5. The molecule has 1 aliphatic carbocycles. The average molecular weight is 182 g/mol. The van der Waals surface area contributed by atoms with Gasteiger partial charge < -0.3 is 10.2 Å². The fourth-order valence-electron chi connectivity index (χ4n) is 2.13. The standard InChI is InChI=1S/C11H22N2/c1-2-13-7-5-10(6-8-13)9-12-11-3-4-11/h10-12H,2-9H2,1H3. The van der Waals surface area contributed by atoms with E-state index in [1.54, 1.807) is 0 Å². The zero-order valence-corrected chi connectivity index (χ0v) is 8.76. The van der Waals surface area contributed by atoms with Gasteiger partial charge in [-0.2, -0.15) is 0 Å². The summed E-state index contributed by atoms with van der Waals surface area (Å²) >= 11 is 0. The van der Waals surface area contributed by atoms with E-state index in [9.17, 15) is 0 Å². The van der Waals surface area contributed by atoms with Crippen LogP contribution in [-0.2, 0) is 0 Å². The Morgan fingerprint density at radius 2 is 1.85 bits per heavy atom. The lowest BCUT2D eigenvalue weighted by Gasteiger charge is -2.31. The highest BCUT2D eigenvalue weighted by molar-refractivity contribution is 4.83. The van der Waals surface area contributed by atoms with Crippen molar-refractivity contribution in [1.82, 2.24) is 10.2 Å². The van der Waals surface area contributed by atoms with E-state index in [4.69, 9.17) is 0 Å². The third-order valence-electron chi connectivity index (χ3n) is 3.43. The molecule has 0 amide bonds. The van der Waals surface area contributed by atoms with E-state index in [0.717, 1.165) is 12.0 Å². The first kappa shape index (κ1) is 9.47. The van der Waals surface area contributed by atoms with Gasteiger partial charge in [0.05, 0.1) is 0 Å². The van der Waals surface area contributed by atoms with Crippen molar-refractivity contribution in [2.45, 2.75) is 38.6 Å². The third-order valence-corrected chi connectivity index (χ3v) is 3.43. The van der Waals surface area contributed by atoms with Crippen molar-refractivity contribution < 1.29 is 0 Å². The van der Waals surface area contributed by atoms with Gasteiger partial charge in [0.15, 0.2) is 0 Å². The summed E-state index contributed by atoms with van der Waals surface area (Å²) < 4.78 is 0. The molecule has 0 aromatic carbocycles. The van der Waals surface area contributed by atoms with E-state index in [0.29, 0.717) is 0 Å². The Labute approximate surface area is 81.7 Å². The molecule has 76 valence electrons. The van der Waals surface area contributed by atoms with Crippen LogP contribution >= 0.6 is 0 Å². The van der Waals surface area contributed by atoms with Crippen molar-refractivity contribution in [3.63, 3.8) is 0 Å². The molecule has 1 saturated carbocycles. The molecule has 2 nitrogen and oxygen atoms in total. The molecule has 0 aromatic heterocycles. The largest absolute Gasteiger partial charge is 0.314 e. The minimum atomic E-state index is 0.893. The monoisotopic (exact) mass is 182 g/mol. The first-order chi connectivity index (χ1) is 6.38. The molecule has 0 spiro atoms. The van der Waals surface area contributed by atoms with Gasteiger partial charge in [0.2, 0.25) is 0 Å². The maximum atomic E-state index is 3.64. The molecule has 0 bridgehead atoms. The minimum Gasteiger partial charge on any atom is -0.314 e. The molecule has 1 saturated heterocycles. The van der Waals surface area contributed by atoms with E-state index in [2.05, 4.69) is 17.1 Å². The molecule has 0 unspecified atom stereocenters. The second kappa shape index (κ2) is 4.43. The number of hydrogen-bond donors (Lipinski definition) is 1. The average Bonchev–Trinajstić information content (AvgIpc) is 2.99. The van der Waals surface area contributed by atoms with Gasteiger partial charge in [-0.3, -0.25) is 0 Å². The van der Waals surface area contributed by atoms with Crippen LogP contribution in [-0.4, -0.2) is 37.1 Å². The fourth-order valence-corrected chi connectivity index (χ4v) is 2.13. The summed E-state index contributed by atoms with van der Waals surface area (Å²) in [5.74, 6) is 0.961. The van der Waals surface area contributed by atoms with Crippen LogP contribution in [0.1, 0.15) is 32.6 Å². The second-order valence-electron chi connectivity index (χ2n) is 4.56. The summed E-state index contributed by atoms with van der Waals surface area (Å²) in [5, 5.41) is 3.64. The first-order valence-corrected chi connectivity index (χ1v) is 5.84. The number of rotatable bonds is 4. The zero-order valence-electron chi connectivity index (χ0n) is 8.76. The molecule has 0 atom stereocenters. The zero-order chi connectivity index (χ0) is 9.10. The summed E-state index contributed by atoms with van der Waals surface area (Å²) in [6.45, 7) is 7.44. The van der Waals surface area contributed by atoms with E-state index >= 15 is 0 Å². The SMILES string of the molecule is CCN1CCC(CNC2CC2)CC1. The van der Waals surface area contributed by atoms with E-state index < -0.39 is 0 Å². The Morgan fingerprint density at radius 3 is 2.38 bits per heavy atom. The smallest absolute Gasteiger partial charge is 0.00683 e. The predicted molar refractivity (Wildman–Crippen MR) is 55.9 cm³/mol. The summed E-state index contributed by atoms with van der Waals surface area (Å²) in [6, 6.07) is 0.893. The number of hydrogen-bond acceptors (Lipinski definition) is 2. The van der Waals surface area contributed by atoms with Gasteiger partial charge >= 0.3 is 0 Å². The summed E-state index contributed by atoms with van der Waals surface area (Å²) in [5.41, 5.74) is 0. The molecule has 2 heteroatoms. The van der Waals surface area contributed by atoms with Crippen molar-refractivity contribution in [2.24, 2.45) is 5.92 Å². The highest BCUT2D eigenvalue weighted by Crippen LogP contribution is 2.21. The van der Waals surface area contributed by atoms with Crippen LogP contribution in [0, 0.1) is 5.92 Å². The Balaban J connectivity index is 1.59. The number of likely N-dealkylation sites (tertiary alicyclic amines) is 1. The fraction of sp³-hybridized carbons (Fsp3) is 1.00. The Hall–Kier alpha value is -0.0800. The maximum Gasteiger partial charge on any atom is 0.00683 e. The van der Waals surface area contributed by atoms with Crippen LogP contribution in [0.5, 0.6) is 0 Å². The summed E-state index contributed by atoms with van der Waals surface area (Å²) in [7, 11) is 0. The number of nitrogens with one attached hydrogen (secondary N) is 1. The lowest BCUT2D eigenvalue weighted by atomic mass is 9.97. The molecular formula is C11H22N2. The second-order valence-corrected chi connectivity index (χ2v) is 4.56. The maximum absolute atomic E-state index is 3.64. The van der Waals surface area contributed by atoms with Crippen molar-refractivity contribution >= 4 is 0 Å². The van der Waals surface area contributed by atoms with E-state index in [1.165, 1.54) is 51.9 Å². The van der Waals surface area contributed by atoms with Crippen molar-refractivity contribution in [3.8, 4) is 0 Å². The van der Waals surface area contributed by atoms with Crippen LogP contribution < -0.4 is 5.32 Å². The van der Waals surface area contributed by atoms with Crippen molar-refractivity contribution in [2.75, 3.05) is 26.2 Å². The van der Waals surface area contributed by atoms with Gasteiger partial charge in [-0.1, -0.05) is 6.92 Å². The van der Waals surface area contributed by atoms with Gasteiger partial charge in [0.1, 0.15) is 0 Å². The molecule has 1 aliphatic heterocycles. The molecular weight excluding hydrogens is 160 g/mol. The van der Waals surface area contributed by atoms with E-state index in [-0.39, 0.29) is 0 Å². The number of piperidine rings is 1. The molecule has 1 N–H and O–H groups in total. The first-order valence-electron chi connectivity index (χ1n) is 5.84. The molecule has 2 rings (SSSR count). The third kappa shape index (κ3) is 2.96. The molecule has 2 fully saturated rings. The van der Waals surface area contributed by atoms with Crippen LogP contribution in [0.4, 0.5) is 0 Å². The number of nitrogens with zero attached hydrogens (tertiary/aromatic N) is 1. The van der Waals surface area contributed by atoms with E-state index in [1.807, 2.05) is 0 Å². The highest BCUT2D eigenvalue weighted by Gasteiger charge is 2.23. The van der Waals surface area contributed by atoms with Gasteiger partial charge in [0.25, 0.3) is 0 Å². The van der Waals surface area contributed by atoms with Crippen LogP contribution in [0.25, 0.3) is 0 Å². The van der Waals surface area contributed by atoms with Crippen molar-refractivity contribution in [1.29, 1.82) is 0 Å². The molecule has 13 heavy (non-hydrogen) atoms. The molecule has 0 radical (unpaired) electrons.